The molecule has 5 nitrogen and oxygen atoms in total. The highest BCUT2D eigenvalue weighted by molar-refractivity contribution is 6.13. The number of fused-ring (bicyclic) bond motifs is 1. The monoisotopic (exact) mass is 409 g/mol. The van der Waals surface area contributed by atoms with E-state index in [1.54, 1.807) is 18.2 Å². The second-order valence-corrected chi connectivity index (χ2v) is 6.99. The summed E-state index contributed by atoms with van der Waals surface area (Å²) in [6.45, 7) is 2.46. The maximum Gasteiger partial charge on any atom is 0.256 e. The molecule has 1 aromatic heterocycles. The van der Waals surface area contributed by atoms with E-state index in [0.717, 1.165) is 10.9 Å². The van der Waals surface area contributed by atoms with E-state index in [1.165, 1.54) is 0 Å². The fourth-order valence-electron chi connectivity index (χ4n) is 3.30. The maximum atomic E-state index is 13.2. The average molecular weight is 409 g/mol. The van der Waals surface area contributed by atoms with Gasteiger partial charge in [-0.25, -0.2) is 4.98 Å². The number of amides is 1. The zero-order valence-corrected chi connectivity index (χ0v) is 17.2. The second kappa shape index (κ2) is 9.13. The lowest BCUT2D eigenvalue weighted by atomic mass is 10.1. The lowest BCUT2D eigenvalue weighted by Gasteiger charge is -2.12. The summed E-state index contributed by atoms with van der Waals surface area (Å²) in [7, 11) is 0. The third-order valence-corrected chi connectivity index (χ3v) is 4.81. The third kappa shape index (κ3) is 4.73. The molecule has 31 heavy (non-hydrogen) atoms. The summed E-state index contributed by atoms with van der Waals surface area (Å²) in [6.07, 6.45) is 3.87. The molecule has 4 rings (SSSR count). The van der Waals surface area contributed by atoms with Crippen molar-refractivity contribution in [2.45, 2.75) is 6.92 Å². The Morgan fingerprint density at radius 1 is 1.00 bits per heavy atom. The van der Waals surface area contributed by atoms with E-state index in [1.807, 2.05) is 79.7 Å². The van der Waals surface area contributed by atoms with Crippen LogP contribution in [0.4, 0.5) is 11.4 Å². The number of hydrogen-bond acceptors (Lipinski definition) is 4. The van der Waals surface area contributed by atoms with Gasteiger partial charge < -0.3 is 15.8 Å². The van der Waals surface area contributed by atoms with E-state index >= 15 is 0 Å². The summed E-state index contributed by atoms with van der Waals surface area (Å²) in [5, 5.41) is 3.63. The predicted molar refractivity (Wildman–Crippen MR) is 127 cm³/mol. The molecule has 0 aliphatic carbocycles. The van der Waals surface area contributed by atoms with Gasteiger partial charge in [-0.05, 0) is 55.0 Å². The molecule has 0 saturated carbocycles. The molecule has 3 N–H and O–H groups in total. The molecule has 3 aromatic carbocycles. The molecular formula is C26H23N3O2. The minimum atomic E-state index is -0.256. The number of hydrogen-bond donors (Lipinski definition) is 2. The van der Waals surface area contributed by atoms with Crippen LogP contribution in [0, 0.1) is 0 Å². The van der Waals surface area contributed by atoms with Crippen molar-refractivity contribution < 1.29 is 9.53 Å². The number of ether oxygens (including phenoxy) is 1. The fraction of sp³-hybridized carbons (Fsp3) is 0.0769. The summed E-state index contributed by atoms with van der Waals surface area (Å²) >= 11 is 0. The van der Waals surface area contributed by atoms with Crippen LogP contribution in [0.3, 0.4) is 0 Å². The van der Waals surface area contributed by atoms with Crippen molar-refractivity contribution in [2.75, 3.05) is 17.7 Å². The van der Waals surface area contributed by atoms with Crippen molar-refractivity contribution in [2.24, 2.45) is 0 Å². The smallest absolute Gasteiger partial charge is 0.256 e. The van der Waals surface area contributed by atoms with Gasteiger partial charge in [0, 0.05) is 5.39 Å². The number of benzene rings is 3. The number of pyridine rings is 1. The minimum Gasteiger partial charge on any atom is -0.494 e. The van der Waals surface area contributed by atoms with Crippen LogP contribution in [0.5, 0.6) is 5.75 Å². The predicted octanol–water partition coefficient (Wildman–Crippen LogP) is 5.64. The second-order valence-electron chi connectivity index (χ2n) is 6.99. The summed E-state index contributed by atoms with van der Waals surface area (Å²) in [4.78, 5) is 17.9. The lowest BCUT2D eigenvalue weighted by molar-refractivity contribution is 0.102. The highest BCUT2D eigenvalue weighted by Crippen LogP contribution is 2.26. The van der Waals surface area contributed by atoms with Crippen molar-refractivity contribution in [3.63, 3.8) is 0 Å². The number of aromatic nitrogens is 1. The number of carbonyl (C=O) groups excluding carboxylic acids is 1. The molecule has 0 saturated heterocycles. The molecule has 0 bridgehead atoms. The van der Waals surface area contributed by atoms with Gasteiger partial charge in [0.1, 0.15) is 5.75 Å². The van der Waals surface area contributed by atoms with Crippen LogP contribution in [-0.2, 0) is 0 Å². The summed E-state index contributed by atoms with van der Waals surface area (Å²) in [5.41, 5.74) is 10.0. The Hall–Kier alpha value is -4.12. The van der Waals surface area contributed by atoms with E-state index in [-0.39, 0.29) is 5.91 Å². The first-order chi connectivity index (χ1) is 15.1. The lowest BCUT2D eigenvalue weighted by Crippen LogP contribution is -2.14. The molecule has 0 spiro atoms. The van der Waals surface area contributed by atoms with Crippen LogP contribution < -0.4 is 15.8 Å². The van der Waals surface area contributed by atoms with Crippen molar-refractivity contribution in [1.29, 1.82) is 0 Å². The van der Waals surface area contributed by atoms with E-state index in [9.17, 15) is 4.79 Å². The molecule has 0 aliphatic heterocycles. The first-order valence-corrected chi connectivity index (χ1v) is 10.1. The number of nitrogen functional groups attached to an aromatic ring is 1. The van der Waals surface area contributed by atoms with Crippen molar-refractivity contribution in [3.8, 4) is 5.75 Å². The van der Waals surface area contributed by atoms with E-state index in [2.05, 4.69) is 5.32 Å². The largest absolute Gasteiger partial charge is 0.494 e. The van der Waals surface area contributed by atoms with E-state index in [4.69, 9.17) is 15.5 Å². The van der Waals surface area contributed by atoms with Gasteiger partial charge in [-0.2, -0.15) is 0 Å². The van der Waals surface area contributed by atoms with Gasteiger partial charge in [-0.15, -0.1) is 0 Å². The Labute approximate surface area is 181 Å². The van der Waals surface area contributed by atoms with E-state index in [0.29, 0.717) is 40.5 Å². The highest BCUT2D eigenvalue weighted by atomic mass is 16.5. The molecule has 5 heteroatoms. The molecule has 0 fully saturated rings. The summed E-state index contributed by atoms with van der Waals surface area (Å²) in [5.74, 6) is 0.436. The van der Waals surface area contributed by atoms with Crippen LogP contribution in [0.15, 0.2) is 78.9 Å². The minimum absolute atomic E-state index is 0.256. The quantitative estimate of drug-likeness (QED) is 0.404. The van der Waals surface area contributed by atoms with Crippen LogP contribution in [-0.4, -0.2) is 17.5 Å². The Kier molecular flexibility index (Phi) is 5.94. The number of nitrogens with two attached hydrogens (primary N) is 1. The number of para-hydroxylation sites is 2. The molecular weight excluding hydrogens is 386 g/mol. The summed E-state index contributed by atoms with van der Waals surface area (Å²) < 4.78 is 5.63. The average Bonchev–Trinajstić information content (AvgIpc) is 2.79. The Morgan fingerprint density at radius 2 is 1.77 bits per heavy atom. The van der Waals surface area contributed by atoms with Gasteiger partial charge in [0.15, 0.2) is 0 Å². The number of nitrogens with zero attached hydrogens (tertiary/aromatic N) is 1. The molecule has 4 aromatic rings. The van der Waals surface area contributed by atoms with Crippen LogP contribution in [0.2, 0.25) is 0 Å². The van der Waals surface area contributed by atoms with Gasteiger partial charge in [0.2, 0.25) is 0 Å². The first-order valence-electron chi connectivity index (χ1n) is 10.1. The molecule has 1 heterocycles. The fourth-order valence-corrected chi connectivity index (χ4v) is 3.30. The number of anilines is 2. The Balaban J connectivity index is 1.77. The van der Waals surface area contributed by atoms with Crippen LogP contribution >= 0.6 is 0 Å². The van der Waals surface area contributed by atoms with Gasteiger partial charge in [-0.3, -0.25) is 4.79 Å². The van der Waals surface area contributed by atoms with Gasteiger partial charge >= 0.3 is 0 Å². The third-order valence-electron chi connectivity index (χ3n) is 4.81. The van der Waals surface area contributed by atoms with Crippen LogP contribution in [0.1, 0.15) is 28.5 Å². The summed E-state index contributed by atoms with van der Waals surface area (Å²) in [6, 6.07) is 24.5. The van der Waals surface area contributed by atoms with E-state index < -0.39 is 0 Å². The topological polar surface area (TPSA) is 77.2 Å². The number of carbonyl (C=O) groups is 1. The molecule has 0 aliphatic rings. The number of rotatable bonds is 6. The van der Waals surface area contributed by atoms with Crippen LogP contribution in [0.25, 0.3) is 23.1 Å². The van der Waals surface area contributed by atoms with Gasteiger partial charge in [0.25, 0.3) is 5.91 Å². The SMILES string of the molecule is CCOc1ccc2nc(/C=C/c3ccccc3)cc(C(=O)Nc3ccccc3N)c2c1. The standard InChI is InChI=1S/C26H23N3O2/c1-2-31-20-14-15-24-21(17-20)22(26(30)29-25-11-7-6-10-23(25)27)16-19(28-24)13-12-18-8-4-3-5-9-18/h3-17H,2,27H2,1H3,(H,29,30)/b13-12+. The van der Waals surface area contributed by atoms with Crippen molar-refractivity contribution >= 4 is 40.3 Å². The zero-order valence-electron chi connectivity index (χ0n) is 17.2. The zero-order chi connectivity index (χ0) is 21.6. The molecule has 0 radical (unpaired) electrons. The highest BCUT2D eigenvalue weighted by Gasteiger charge is 2.15. The molecule has 0 unspecified atom stereocenters. The number of nitrogens with one attached hydrogen (secondary N) is 1. The Morgan fingerprint density at radius 3 is 2.55 bits per heavy atom. The molecule has 0 atom stereocenters. The Bertz CT molecular complexity index is 1250. The van der Waals surface area contributed by atoms with Gasteiger partial charge in [-0.1, -0.05) is 48.5 Å². The maximum absolute atomic E-state index is 13.2. The van der Waals surface area contributed by atoms with Crippen molar-refractivity contribution in [1.82, 2.24) is 4.98 Å². The molecule has 1 amide bonds. The molecule has 154 valence electrons. The normalized spacial score (nSPS) is 11.0. The van der Waals surface area contributed by atoms with Crippen molar-refractivity contribution in [3.05, 3.63) is 95.7 Å². The van der Waals surface area contributed by atoms with Gasteiger partial charge in [0.05, 0.1) is 34.8 Å². The first kappa shape index (κ1) is 20.2.